The molecule has 2 rings (SSSR count). The summed E-state index contributed by atoms with van der Waals surface area (Å²) in [6, 6.07) is -1.05. The van der Waals surface area contributed by atoms with Crippen LogP contribution in [0.25, 0.3) is 0 Å². The Kier molecular flexibility index (Phi) is 6.43. The zero-order chi connectivity index (χ0) is 18.8. The van der Waals surface area contributed by atoms with Crippen LogP contribution in [-0.4, -0.2) is 84.9 Å². The second-order valence-electron chi connectivity index (χ2n) is 6.68. The maximum absolute atomic E-state index is 12.5. The zero-order valence-electron chi connectivity index (χ0n) is 13.7. The van der Waals surface area contributed by atoms with Gasteiger partial charge in [-0.3, -0.25) is 4.79 Å². The fourth-order valence-corrected chi connectivity index (χ4v) is 4.71. The summed E-state index contributed by atoms with van der Waals surface area (Å²) in [5.74, 6) is -1.94. The van der Waals surface area contributed by atoms with E-state index in [9.17, 15) is 18.3 Å². The third kappa shape index (κ3) is 4.68. The first-order valence-electron chi connectivity index (χ1n) is 8.05. The Hall–Kier alpha value is -0.795. The van der Waals surface area contributed by atoms with Crippen LogP contribution in [0, 0.1) is 5.92 Å². The molecule has 4 atom stereocenters. The predicted octanol–water partition coefficient (Wildman–Crippen LogP) is -3.49. The van der Waals surface area contributed by atoms with Crippen molar-refractivity contribution in [3.8, 4) is 0 Å². The monoisotopic (exact) mass is 380 g/mol. The highest BCUT2D eigenvalue weighted by Crippen LogP contribution is 2.32. The maximum Gasteiger partial charge on any atom is 0.451 e. The van der Waals surface area contributed by atoms with Crippen LogP contribution >= 0.6 is 0 Å². The van der Waals surface area contributed by atoms with Crippen LogP contribution in [0.4, 0.5) is 0 Å². The topological polar surface area (TPSA) is 188 Å². The molecule has 8 N–H and O–H groups in total. The smallest absolute Gasteiger partial charge is 0.451 e. The van der Waals surface area contributed by atoms with Gasteiger partial charge in [0.15, 0.2) is 0 Å². The standard InChI is InChI=1S/C12H25BN4O7S/c14-9-5-24-6-10(9)16-25(22,23)17-4-8(2-1-3-13(20)21)12(15,7-17)11(18)19/h8-10,16,20-21H,1-7,14-15H2,(H,18,19)/t8-,9-,10?,12-/m0/s1. The minimum Gasteiger partial charge on any atom is -0.480 e. The van der Waals surface area contributed by atoms with E-state index in [-0.39, 0.29) is 39.0 Å². The van der Waals surface area contributed by atoms with Gasteiger partial charge in [-0.1, -0.05) is 6.42 Å². The molecule has 11 nitrogen and oxygen atoms in total. The van der Waals surface area contributed by atoms with Crippen molar-refractivity contribution in [2.75, 3.05) is 26.3 Å². The van der Waals surface area contributed by atoms with Gasteiger partial charge in [0.1, 0.15) is 5.54 Å². The van der Waals surface area contributed by atoms with Crippen molar-refractivity contribution in [1.29, 1.82) is 0 Å². The van der Waals surface area contributed by atoms with Crippen LogP contribution in [0.15, 0.2) is 0 Å². The van der Waals surface area contributed by atoms with Gasteiger partial charge in [-0.15, -0.1) is 0 Å². The van der Waals surface area contributed by atoms with E-state index in [2.05, 4.69) is 4.72 Å². The van der Waals surface area contributed by atoms with E-state index in [4.69, 9.17) is 26.3 Å². The summed E-state index contributed by atoms with van der Waals surface area (Å²) in [7, 11) is -5.47. The Morgan fingerprint density at radius 3 is 2.60 bits per heavy atom. The molecule has 0 spiro atoms. The lowest BCUT2D eigenvalue weighted by Crippen LogP contribution is -2.56. The third-order valence-corrected chi connectivity index (χ3v) is 6.33. The van der Waals surface area contributed by atoms with E-state index >= 15 is 0 Å². The first-order valence-corrected chi connectivity index (χ1v) is 9.49. The molecule has 2 fully saturated rings. The number of aliphatic carboxylic acids is 1. The van der Waals surface area contributed by atoms with Gasteiger partial charge in [-0.2, -0.15) is 17.4 Å². The number of hydrogen-bond donors (Lipinski definition) is 6. The molecule has 2 heterocycles. The molecule has 0 aromatic heterocycles. The number of nitrogens with one attached hydrogen (secondary N) is 1. The number of rotatable bonds is 8. The van der Waals surface area contributed by atoms with E-state index in [1.54, 1.807) is 0 Å². The van der Waals surface area contributed by atoms with E-state index < -0.39 is 46.8 Å². The predicted molar refractivity (Wildman–Crippen MR) is 88.5 cm³/mol. The number of carboxylic acids is 1. The van der Waals surface area contributed by atoms with Crippen LogP contribution in [0.1, 0.15) is 12.8 Å². The van der Waals surface area contributed by atoms with Gasteiger partial charge in [-0.05, 0) is 12.7 Å². The SMILES string of the molecule is N[C@H]1COCC1NS(=O)(=O)N1C[C@H](CCCB(O)O)[C@](N)(C(=O)O)C1. The average molecular weight is 380 g/mol. The number of hydrogen-bond acceptors (Lipinski definition) is 8. The summed E-state index contributed by atoms with van der Waals surface area (Å²) in [5.41, 5.74) is 10.0. The number of carboxylic acid groups (broad SMARTS) is 1. The molecule has 25 heavy (non-hydrogen) atoms. The first-order chi connectivity index (χ1) is 11.6. The molecule has 2 aliphatic heterocycles. The van der Waals surface area contributed by atoms with Crippen molar-refractivity contribution in [3.63, 3.8) is 0 Å². The van der Waals surface area contributed by atoms with Crippen molar-refractivity contribution >= 4 is 23.3 Å². The largest absolute Gasteiger partial charge is 0.480 e. The number of carbonyl (C=O) groups is 1. The zero-order valence-corrected chi connectivity index (χ0v) is 14.6. The molecule has 0 aromatic rings. The summed E-state index contributed by atoms with van der Waals surface area (Å²) in [4.78, 5) is 11.6. The highest BCUT2D eigenvalue weighted by Gasteiger charge is 2.52. The van der Waals surface area contributed by atoms with Gasteiger partial charge >= 0.3 is 13.1 Å². The van der Waals surface area contributed by atoms with Crippen molar-refractivity contribution in [3.05, 3.63) is 0 Å². The highest BCUT2D eigenvalue weighted by molar-refractivity contribution is 7.87. The lowest BCUT2D eigenvalue weighted by atomic mass is 9.78. The van der Waals surface area contributed by atoms with Gasteiger partial charge in [-0.25, -0.2) is 0 Å². The first kappa shape index (κ1) is 20.5. The van der Waals surface area contributed by atoms with E-state index in [1.165, 1.54) is 0 Å². The molecule has 2 saturated heterocycles. The van der Waals surface area contributed by atoms with Crippen molar-refractivity contribution < 1.29 is 33.1 Å². The summed E-state index contributed by atoms with van der Waals surface area (Å²) in [6.45, 7) is -0.0384. The highest BCUT2D eigenvalue weighted by atomic mass is 32.2. The summed E-state index contributed by atoms with van der Waals surface area (Å²) in [5, 5.41) is 27.3. The molecule has 0 aliphatic carbocycles. The van der Waals surface area contributed by atoms with Gasteiger partial charge < -0.3 is 31.4 Å². The molecule has 0 bridgehead atoms. The average Bonchev–Trinajstić information content (AvgIpc) is 3.04. The second-order valence-corrected chi connectivity index (χ2v) is 8.38. The number of nitrogens with zero attached hydrogens (tertiary/aromatic N) is 1. The van der Waals surface area contributed by atoms with Crippen molar-refractivity contribution in [1.82, 2.24) is 9.03 Å². The molecule has 13 heteroatoms. The van der Waals surface area contributed by atoms with Crippen LogP contribution in [-0.2, 0) is 19.7 Å². The second kappa shape index (κ2) is 7.84. The van der Waals surface area contributed by atoms with Crippen molar-refractivity contribution in [2.45, 2.75) is 36.8 Å². The normalized spacial score (nSPS) is 33.7. The Labute approximate surface area is 146 Å². The molecular formula is C12H25BN4O7S. The fraction of sp³-hybridized carbons (Fsp3) is 0.917. The van der Waals surface area contributed by atoms with Crippen LogP contribution < -0.4 is 16.2 Å². The van der Waals surface area contributed by atoms with Crippen LogP contribution in [0.2, 0.25) is 6.32 Å². The Bertz CT molecular complexity index is 592. The molecule has 0 amide bonds. The van der Waals surface area contributed by atoms with E-state index in [0.717, 1.165) is 4.31 Å². The summed E-state index contributed by atoms with van der Waals surface area (Å²) < 4.78 is 33.7. The number of nitrogens with two attached hydrogens (primary N) is 2. The Morgan fingerprint density at radius 1 is 1.40 bits per heavy atom. The number of ether oxygens (including phenoxy) is 1. The Morgan fingerprint density at radius 2 is 2.08 bits per heavy atom. The van der Waals surface area contributed by atoms with Gasteiger partial charge in [0.05, 0.1) is 19.3 Å². The fourth-order valence-electron chi connectivity index (χ4n) is 3.17. The Balaban J connectivity index is 2.07. The van der Waals surface area contributed by atoms with Gasteiger partial charge in [0, 0.05) is 25.0 Å². The molecule has 0 aromatic carbocycles. The van der Waals surface area contributed by atoms with Crippen LogP contribution in [0.3, 0.4) is 0 Å². The molecule has 0 radical (unpaired) electrons. The lowest BCUT2D eigenvalue weighted by Gasteiger charge is -2.25. The quantitative estimate of drug-likeness (QED) is 0.232. The van der Waals surface area contributed by atoms with E-state index in [0.29, 0.717) is 6.42 Å². The molecule has 0 saturated carbocycles. The van der Waals surface area contributed by atoms with Crippen LogP contribution in [0.5, 0.6) is 0 Å². The summed E-state index contributed by atoms with van der Waals surface area (Å²) in [6.07, 6.45) is 0.640. The molecule has 1 unspecified atom stereocenters. The molecule has 2 aliphatic rings. The summed E-state index contributed by atoms with van der Waals surface area (Å²) >= 11 is 0. The van der Waals surface area contributed by atoms with Gasteiger partial charge in [0.25, 0.3) is 10.2 Å². The minimum atomic E-state index is -3.97. The lowest BCUT2D eigenvalue weighted by molar-refractivity contribution is -0.144. The molecular weight excluding hydrogens is 355 g/mol. The van der Waals surface area contributed by atoms with E-state index in [1.807, 2.05) is 0 Å². The maximum atomic E-state index is 12.5. The third-order valence-electron chi connectivity index (χ3n) is 4.77. The molecule has 144 valence electrons. The van der Waals surface area contributed by atoms with Gasteiger partial charge in [0.2, 0.25) is 0 Å². The van der Waals surface area contributed by atoms with Crippen molar-refractivity contribution in [2.24, 2.45) is 17.4 Å². The minimum absolute atomic E-state index is 0.0610.